The molecule has 0 atom stereocenters. The van der Waals surface area contributed by atoms with E-state index in [0.29, 0.717) is 6.54 Å². The van der Waals surface area contributed by atoms with Crippen molar-refractivity contribution in [2.24, 2.45) is 5.73 Å². The number of carbonyl (C=O) groups is 2. The molecule has 0 aromatic carbocycles. The Bertz CT molecular complexity index is 450. The molecule has 0 saturated heterocycles. The molecule has 1 heterocycles. The van der Waals surface area contributed by atoms with Crippen molar-refractivity contribution in [2.45, 2.75) is 13.5 Å². The van der Waals surface area contributed by atoms with Gasteiger partial charge < -0.3 is 20.8 Å². The number of rotatable bonds is 5. The average molecular weight is 238 g/mol. The van der Waals surface area contributed by atoms with E-state index in [1.54, 1.807) is 16.7 Å². The van der Waals surface area contributed by atoms with Crippen LogP contribution in [0.2, 0.25) is 0 Å². The molecule has 0 aliphatic carbocycles. The van der Waals surface area contributed by atoms with E-state index < -0.39 is 5.91 Å². The van der Waals surface area contributed by atoms with Gasteiger partial charge in [0.15, 0.2) is 5.69 Å². The summed E-state index contributed by atoms with van der Waals surface area (Å²) in [6, 6.07) is 0. The zero-order valence-electron chi connectivity index (χ0n) is 9.42. The molecule has 0 aliphatic rings. The van der Waals surface area contributed by atoms with Crippen LogP contribution in [-0.4, -0.2) is 28.0 Å². The number of imidazole rings is 1. The molecular formula is C10H14N4O3. The number of aromatic nitrogens is 2. The molecule has 0 fully saturated rings. The van der Waals surface area contributed by atoms with Crippen molar-refractivity contribution in [3.8, 4) is 0 Å². The van der Waals surface area contributed by atoms with Crippen LogP contribution in [-0.2, 0) is 16.1 Å². The minimum absolute atomic E-state index is 0.0541. The number of ether oxygens (including phenoxy) is 1. The third kappa shape index (κ3) is 3.63. The average Bonchev–Trinajstić information content (AvgIpc) is 2.59. The first-order valence-electron chi connectivity index (χ1n) is 4.91. The van der Waals surface area contributed by atoms with Crippen LogP contribution in [0.4, 0.5) is 5.82 Å². The van der Waals surface area contributed by atoms with E-state index in [0.717, 1.165) is 0 Å². The van der Waals surface area contributed by atoms with Gasteiger partial charge >= 0.3 is 5.97 Å². The highest BCUT2D eigenvalue weighted by Gasteiger charge is 2.11. The first kappa shape index (κ1) is 12.8. The van der Waals surface area contributed by atoms with Crippen molar-refractivity contribution >= 4 is 17.7 Å². The van der Waals surface area contributed by atoms with Gasteiger partial charge in [-0.25, -0.2) is 4.98 Å². The molecule has 0 bridgehead atoms. The maximum Gasteiger partial charge on any atom is 0.302 e. The molecule has 92 valence electrons. The predicted molar refractivity (Wildman–Crippen MR) is 60.9 cm³/mol. The monoisotopic (exact) mass is 238 g/mol. The summed E-state index contributed by atoms with van der Waals surface area (Å²) in [5.41, 5.74) is 10.8. The Morgan fingerprint density at radius 2 is 2.24 bits per heavy atom. The largest absolute Gasteiger partial charge is 0.462 e. The Hall–Kier alpha value is -2.31. The summed E-state index contributed by atoms with van der Waals surface area (Å²) in [6.45, 7) is 1.96. The molecule has 4 N–H and O–H groups in total. The highest BCUT2D eigenvalue weighted by Crippen LogP contribution is 2.08. The van der Waals surface area contributed by atoms with Crippen molar-refractivity contribution in [1.82, 2.24) is 9.55 Å². The number of nitrogens with zero attached hydrogens (tertiary/aromatic N) is 2. The molecule has 1 rings (SSSR count). The van der Waals surface area contributed by atoms with Crippen LogP contribution in [0, 0.1) is 0 Å². The van der Waals surface area contributed by atoms with Crippen molar-refractivity contribution in [1.29, 1.82) is 0 Å². The summed E-state index contributed by atoms with van der Waals surface area (Å²) >= 11 is 0. The first-order chi connectivity index (χ1) is 8.02. The Morgan fingerprint density at radius 1 is 1.53 bits per heavy atom. The number of primary amides is 1. The van der Waals surface area contributed by atoms with Crippen molar-refractivity contribution < 1.29 is 14.3 Å². The van der Waals surface area contributed by atoms with Crippen molar-refractivity contribution in [3.63, 3.8) is 0 Å². The van der Waals surface area contributed by atoms with Gasteiger partial charge in [-0.1, -0.05) is 6.08 Å². The van der Waals surface area contributed by atoms with E-state index in [1.807, 2.05) is 0 Å². The summed E-state index contributed by atoms with van der Waals surface area (Å²) in [5, 5.41) is 0. The molecule has 7 heteroatoms. The van der Waals surface area contributed by atoms with Crippen LogP contribution >= 0.6 is 0 Å². The number of anilines is 1. The molecule has 1 aromatic rings. The van der Waals surface area contributed by atoms with Crippen LogP contribution in [0.5, 0.6) is 0 Å². The van der Waals surface area contributed by atoms with Crippen LogP contribution in [0.3, 0.4) is 0 Å². The first-order valence-corrected chi connectivity index (χ1v) is 4.91. The Kier molecular flexibility index (Phi) is 4.27. The van der Waals surface area contributed by atoms with Crippen molar-refractivity contribution in [3.05, 3.63) is 24.2 Å². The van der Waals surface area contributed by atoms with Gasteiger partial charge in [-0.2, -0.15) is 0 Å². The van der Waals surface area contributed by atoms with E-state index in [2.05, 4.69) is 4.98 Å². The summed E-state index contributed by atoms with van der Waals surface area (Å²) < 4.78 is 6.26. The normalized spacial score (nSPS) is 10.6. The van der Waals surface area contributed by atoms with Crippen molar-refractivity contribution in [2.75, 3.05) is 12.3 Å². The fourth-order valence-corrected chi connectivity index (χ4v) is 1.15. The highest BCUT2D eigenvalue weighted by molar-refractivity contribution is 5.95. The number of amides is 1. The summed E-state index contributed by atoms with van der Waals surface area (Å²) in [6.07, 6.45) is 4.84. The van der Waals surface area contributed by atoms with Gasteiger partial charge in [0.05, 0.1) is 6.33 Å². The van der Waals surface area contributed by atoms with Crippen LogP contribution < -0.4 is 11.5 Å². The number of allylic oxidation sites excluding steroid dienone is 1. The fourth-order valence-electron chi connectivity index (χ4n) is 1.15. The summed E-state index contributed by atoms with van der Waals surface area (Å²) in [7, 11) is 0. The molecule has 0 unspecified atom stereocenters. The molecule has 1 amide bonds. The molecule has 1 aromatic heterocycles. The molecule has 0 aliphatic heterocycles. The lowest BCUT2D eigenvalue weighted by atomic mass is 10.4. The van der Waals surface area contributed by atoms with Crippen LogP contribution in [0.1, 0.15) is 17.4 Å². The number of nitrogens with two attached hydrogens (primary N) is 2. The standard InChI is InChI=1S/C10H14N4O3/c1-7(15)17-5-3-2-4-14-6-13-8(9(14)11)10(12)16/h2-3,6H,4-5,11H2,1H3,(H2,12,16)/b3-2+. The minimum atomic E-state index is -0.662. The third-order valence-electron chi connectivity index (χ3n) is 1.96. The fraction of sp³-hybridized carbons (Fsp3) is 0.300. The van der Waals surface area contributed by atoms with Gasteiger partial charge in [0.25, 0.3) is 5.91 Å². The number of hydrogen-bond acceptors (Lipinski definition) is 5. The molecule has 0 spiro atoms. The maximum atomic E-state index is 10.9. The maximum absolute atomic E-state index is 10.9. The van der Waals surface area contributed by atoms with E-state index in [1.165, 1.54) is 13.3 Å². The third-order valence-corrected chi connectivity index (χ3v) is 1.96. The van der Waals surface area contributed by atoms with Gasteiger partial charge in [-0.05, 0) is 6.08 Å². The highest BCUT2D eigenvalue weighted by atomic mass is 16.5. The van der Waals surface area contributed by atoms with E-state index in [4.69, 9.17) is 16.2 Å². The second-order valence-corrected chi connectivity index (χ2v) is 3.27. The minimum Gasteiger partial charge on any atom is -0.462 e. The summed E-state index contributed by atoms with van der Waals surface area (Å²) in [5.74, 6) is -0.785. The van der Waals surface area contributed by atoms with E-state index >= 15 is 0 Å². The summed E-state index contributed by atoms with van der Waals surface area (Å²) in [4.78, 5) is 25.1. The number of esters is 1. The quantitative estimate of drug-likeness (QED) is 0.539. The Labute approximate surface area is 98.1 Å². The predicted octanol–water partition coefficient (Wildman–Crippen LogP) is -0.316. The lowest BCUT2D eigenvalue weighted by molar-refractivity contribution is -0.139. The Balaban J connectivity index is 2.52. The molecule has 17 heavy (non-hydrogen) atoms. The zero-order valence-corrected chi connectivity index (χ0v) is 9.42. The Morgan fingerprint density at radius 3 is 2.76 bits per heavy atom. The van der Waals surface area contributed by atoms with Gasteiger partial charge in [0.1, 0.15) is 12.4 Å². The molecule has 0 radical (unpaired) electrons. The lowest BCUT2D eigenvalue weighted by Crippen LogP contribution is -2.14. The number of carbonyl (C=O) groups excluding carboxylic acids is 2. The lowest BCUT2D eigenvalue weighted by Gasteiger charge is -2.00. The number of nitrogen functional groups attached to an aromatic ring is 1. The molecule has 7 nitrogen and oxygen atoms in total. The molecular weight excluding hydrogens is 224 g/mol. The zero-order chi connectivity index (χ0) is 12.8. The second kappa shape index (κ2) is 5.69. The smallest absolute Gasteiger partial charge is 0.302 e. The van der Waals surface area contributed by atoms with Crippen LogP contribution in [0.15, 0.2) is 18.5 Å². The van der Waals surface area contributed by atoms with E-state index in [9.17, 15) is 9.59 Å². The SMILES string of the molecule is CC(=O)OC/C=C/Cn1cnc(C(N)=O)c1N. The van der Waals surface area contributed by atoms with Gasteiger partial charge in [-0.15, -0.1) is 0 Å². The number of hydrogen-bond donors (Lipinski definition) is 2. The van der Waals surface area contributed by atoms with Crippen LogP contribution in [0.25, 0.3) is 0 Å². The second-order valence-electron chi connectivity index (χ2n) is 3.27. The van der Waals surface area contributed by atoms with Gasteiger partial charge in [0, 0.05) is 13.5 Å². The molecule has 0 saturated carbocycles. The van der Waals surface area contributed by atoms with E-state index in [-0.39, 0.29) is 24.1 Å². The topological polar surface area (TPSA) is 113 Å². The van der Waals surface area contributed by atoms with Gasteiger partial charge in [-0.3, -0.25) is 9.59 Å². The van der Waals surface area contributed by atoms with Gasteiger partial charge in [0.2, 0.25) is 0 Å².